The topological polar surface area (TPSA) is 89.2 Å². The molecule has 4 heterocycles. The summed E-state index contributed by atoms with van der Waals surface area (Å²) >= 11 is 0. The van der Waals surface area contributed by atoms with Gasteiger partial charge in [0.25, 0.3) is 5.91 Å². The van der Waals surface area contributed by atoms with E-state index >= 15 is 0 Å². The first kappa shape index (κ1) is 24.7. The lowest BCUT2D eigenvalue weighted by Gasteiger charge is -2.27. The van der Waals surface area contributed by atoms with Gasteiger partial charge in [0.1, 0.15) is 11.5 Å². The molecule has 2 unspecified atom stereocenters. The number of amides is 1. The van der Waals surface area contributed by atoms with E-state index in [1.807, 2.05) is 0 Å². The zero-order chi connectivity index (χ0) is 25.1. The summed E-state index contributed by atoms with van der Waals surface area (Å²) in [4.78, 5) is 24.7. The highest BCUT2D eigenvalue weighted by Crippen LogP contribution is 2.35. The number of nitrogens with one attached hydrogen (secondary N) is 1. The maximum Gasteiger partial charge on any atom is 0.573 e. The fraction of sp³-hybridized carbons (Fsp3) is 0.583. The first-order chi connectivity index (χ1) is 17.4. The van der Waals surface area contributed by atoms with Gasteiger partial charge in [0.05, 0.1) is 6.61 Å². The molecule has 0 aliphatic carbocycles. The van der Waals surface area contributed by atoms with Gasteiger partial charge in [-0.05, 0) is 50.7 Å². The summed E-state index contributed by atoms with van der Waals surface area (Å²) in [5.74, 6) is 0.0141. The monoisotopic (exact) mass is 510 g/mol. The van der Waals surface area contributed by atoms with Gasteiger partial charge in [-0.15, -0.1) is 13.2 Å². The normalized spacial score (nSPS) is 22.2. The number of aromatic nitrogens is 2. The maximum atomic E-state index is 13.4. The lowest BCUT2D eigenvalue weighted by atomic mass is 10.2. The van der Waals surface area contributed by atoms with E-state index in [9.17, 15) is 18.0 Å². The van der Waals surface area contributed by atoms with Gasteiger partial charge in [-0.3, -0.25) is 4.79 Å². The third kappa shape index (κ3) is 5.86. The molecular weight excluding hydrogens is 481 g/mol. The Labute approximate surface area is 206 Å². The highest BCUT2D eigenvalue weighted by molar-refractivity contribution is 5.98. The minimum Gasteiger partial charge on any atom is -0.425 e. The SMILES string of the molecule is O=C1c2[nH]c(Oc3cccc(OC(F)(F)F)c3)nc2N2CCCC2CN1CCCOC1CCCCO1. The smallest absolute Gasteiger partial charge is 0.425 e. The van der Waals surface area contributed by atoms with Gasteiger partial charge in [0.15, 0.2) is 17.8 Å². The van der Waals surface area contributed by atoms with Crippen LogP contribution < -0.4 is 14.4 Å². The molecule has 1 amide bonds. The maximum absolute atomic E-state index is 13.4. The van der Waals surface area contributed by atoms with E-state index in [2.05, 4.69) is 19.6 Å². The number of carbonyl (C=O) groups is 1. The quantitative estimate of drug-likeness (QED) is 0.525. The molecule has 1 N–H and O–H groups in total. The molecule has 36 heavy (non-hydrogen) atoms. The van der Waals surface area contributed by atoms with Crippen molar-refractivity contribution < 1.29 is 36.9 Å². The molecule has 0 radical (unpaired) electrons. The fourth-order valence-corrected chi connectivity index (χ4v) is 4.90. The molecule has 3 aliphatic rings. The fourth-order valence-electron chi connectivity index (χ4n) is 4.90. The molecule has 9 nitrogen and oxygen atoms in total. The van der Waals surface area contributed by atoms with Crippen molar-refractivity contribution in [3.8, 4) is 17.5 Å². The number of carbonyl (C=O) groups excluding carboxylic acids is 1. The van der Waals surface area contributed by atoms with Gasteiger partial charge in [0, 0.05) is 38.3 Å². The largest absolute Gasteiger partial charge is 0.573 e. The predicted octanol–water partition coefficient (Wildman–Crippen LogP) is 4.46. The second-order valence-electron chi connectivity index (χ2n) is 9.13. The van der Waals surface area contributed by atoms with Crippen LogP contribution in [0.25, 0.3) is 0 Å². The van der Waals surface area contributed by atoms with E-state index in [-0.39, 0.29) is 30.0 Å². The van der Waals surface area contributed by atoms with Crippen LogP contribution in [-0.4, -0.2) is 72.3 Å². The molecule has 196 valence electrons. The average Bonchev–Trinajstić information content (AvgIpc) is 3.45. The van der Waals surface area contributed by atoms with E-state index in [1.165, 1.54) is 18.2 Å². The minimum atomic E-state index is -4.81. The Morgan fingerprint density at radius 1 is 1.17 bits per heavy atom. The summed E-state index contributed by atoms with van der Waals surface area (Å²) in [7, 11) is 0. The van der Waals surface area contributed by atoms with Gasteiger partial charge in [-0.25, -0.2) is 0 Å². The molecule has 1 aromatic heterocycles. The molecule has 12 heteroatoms. The van der Waals surface area contributed by atoms with Crippen LogP contribution in [0.5, 0.6) is 17.5 Å². The number of benzene rings is 1. The number of nitrogens with zero attached hydrogens (tertiary/aromatic N) is 3. The Bertz CT molecular complexity index is 1060. The predicted molar refractivity (Wildman–Crippen MR) is 122 cm³/mol. The first-order valence-corrected chi connectivity index (χ1v) is 12.3. The highest BCUT2D eigenvalue weighted by atomic mass is 19.4. The number of halogens is 3. The molecule has 2 aromatic rings. The van der Waals surface area contributed by atoms with Crippen LogP contribution in [0.4, 0.5) is 19.0 Å². The van der Waals surface area contributed by atoms with Gasteiger partial charge in [0.2, 0.25) is 0 Å². The van der Waals surface area contributed by atoms with Gasteiger partial charge in [-0.1, -0.05) is 6.07 Å². The third-order valence-electron chi connectivity index (χ3n) is 6.51. The van der Waals surface area contributed by atoms with Gasteiger partial charge < -0.3 is 33.7 Å². The number of hydrogen-bond acceptors (Lipinski definition) is 7. The highest BCUT2D eigenvalue weighted by Gasteiger charge is 2.38. The number of hydrogen-bond donors (Lipinski definition) is 1. The Morgan fingerprint density at radius 3 is 2.83 bits per heavy atom. The van der Waals surface area contributed by atoms with Crippen molar-refractivity contribution in [3.63, 3.8) is 0 Å². The van der Waals surface area contributed by atoms with Crippen LogP contribution in [0.15, 0.2) is 24.3 Å². The molecule has 1 aromatic carbocycles. The molecule has 2 saturated heterocycles. The Morgan fingerprint density at radius 2 is 2.03 bits per heavy atom. The molecule has 0 spiro atoms. The number of aromatic amines is 1. The first-order valence-electron chi connectivity index (χ1n) is 12.3. The van der Waals surface area contributed by atoms with Crippen molar-refractivity contribution in [2.24, 2.45) is 0 Å². The van der Waals surface area contributed by atoms with Crippen LogP contribution >= 0.6 is 0 Å². The van der Waals surface area contributed by atoms with Crippen molar-refractivity contribution in [1.29, 1.82) is 0 Å². The summed E-state index contributed by atoms with van der Waals surface area (Å²) in [6, 6.07) is 5.33. The summed E-state index contributed by atoms with van der Waals surface area (Å²) in [5, 5.41) is 0. The van der Waals surface area contributed by atoms with Crippen molar-refractivity contribution in [2.75, 3.05) is 37.7 Å². The average molecular weight is 511 g/mol. The number of ether oxygens (including phenoxy) is 4. The second-order valence-corrected chi connectivity index (χ2v) is 9.13. The number of alkyl halides is 3. The molecule has 2 atom stereocenters. The van der Waals surface area contributed by atoms with Crippen molar-refractivity contribution in [1.82, 2.24) is 14.9 Å². The van der Waals surface area contributed by atoms with Crippen LogP contribution in [0.3, 0.4) is 0 Å². The summed E-state index contributed by atoms with van der Waals surface area (Å²) < 4.78 is 58.7. The molecular formula is C24H29F3N4O5. The van der Waals surface area contributed by atoms with Gasteiger partial charge in [-0.2, -0.15) is 4.98 Å². The zero-order valence-electron chi connectivity index (χ0n) is 19.8. The molecule has 0 saturated carbocycles. The third-order valence-corrected chi connectivity index (χ3v) is 6.51. The molecule has 2 fully saturated rings. The minimum absolute atomic E-state index is 0.0304. The molecule has 3 aliphatic heterocycles. The molecule has 0 bridgehead atoms. The number of imidazole rings is 1. The lowest BCUT2D eigenvalue weighted by Crippen LogP contribution is -2.40. The number of fused-ring (bicyclic) bond motifs is 3. The van der Waals surface area contributed by atoms with Crippen LogP contribution in [0, 0.1) is 0 Å². The summed E-state index contributed by atoms with van der Waals surface area (Å²) in [6.45, 7) is 3.11. The summed E-state index contributed by atoms with van der Waals surface area (Å²) in [5.41, 5.74) is 0.314. The zero-order valence-corrected chi connectivity index (χ0v) is 19.8. The van der Waals surface area contributed by atoms with Crippen LogP contribution in [0.2, 0.25) is 0 Å². The van der Waals surface area contributed by atoms with Gasteiger partial charge >= 0.3 is 12.4 Å². The Kier molecular flexibility index (Phi) is 7.24. The van der Waals surface area contributed by atoms with Crippen molar-refractivity contribution in [2.45, 2.75) is 57.2 Å². The van der Waals surface area contributed by atoms with E-state index in [0.717, 1.165) is 51.3 Å². The van der Waals surface area contributed by atoms with Crippen molar-refractivity contribution in [3.05, 3.63) is 30.0 Å². The second kappa shape index (κ2) is 10.6. The Hall–Kier alpha value is -2.99. The number of anilines is 1. The number of rotatable bonds is 8. The Balaban J connectivity index is 1.27. The molecule has 5 rings (SSSR count). The van der Waals surface area contributed by atoms with E-state index in [0.29, 0.717) is 37.6 Å². The van der Waals surface area contributed by atoms with E-state index in [4.69, 9.17) is 14.2 Å². The standard InChI is InChI=1S/C24H29F3N4O5/c25-24(26,27)36-18-8-3-7-17(14-18)35-23-28-20-21(29-23)31-11-4-6-16(31)15-30(22(20)32)10-5-13-34-19-9-1-2-12-33-19/h3,7-8,14,16,19H,1-2,4-6,9-13,15H2,(H,28,29). The van der Waals surface area contributed by atoms with Crippen molar-refractivity contribution >= 4 is 11.7 Å². The number of H-pyrrole nitrogens is 1. The van der Waals surface area contributed by atoms with Crippen LogP contribution in [0.1, 0.15) is 49.0 Å². The van der Waals surface area contributed by atoms with Crippen LogP contribution in [-0.2, 0) is 9.47 Å². The van der Waals surface area contributed by atoms with E-state index < -0.39 is 12.1 Å². The summed E-state index contributed by atoms with van der Waals surface area (Å²) in [6.07, 6.45) is 0.675. The van der Waals surface area contributed by atoms with E-state index in [1.54, 1.807) is 4.90 Å². The lowest BCUT2D eigenvalue weighted by molar-refractivity contribution is -0.274.